The minimum absolute atomic E-state index is 0.632. The van der Waals surface area contributed by atoms with Crippen LogP contribution in [0, 0.1) is 0 Å². The SMILES string of the molecule is CCB(CC)CC=O. The third kappa shape index (κ3) is 2.83. The van der Waals surface area contributed by atoms with Gasteiger partial charge in [-0.2, -0.15) is 0 Å². The molecule has 0 amide bonds. The Morgan fingerprint density at radius 1 is 1.38 bits per heavy atom. The van der Waals surface area contributed by atoms with Crippen LogP contribution in [-0.2, 0) is 4.79 Å². The van der Waals surface area contributed by atoms with E-state index in [0.29, 0.717) is 6.71 Å². The van der Waals surface area contributed by atoms with E-state index >= 15 is 0 Å². The molecule has 8 heavy (non-hydrogen) atoms. The van der Waals surface area contributed by atoms with Crippen molar-refractivity contribution >= 4 is 13.0 Å². The first kappa shape index (κ1) is 7.73. The van der Waals surface area contributed by atoms with Crippen LogP contribution in [-0.4, -0.2) is 13.0 Å². The predicted molar refractivity (Wildman–Crippen MR) is 37.6 cm³/mol. The number of rotatable bonds is 4. The van der Waals surface area contributed by atoms with Gasteiger partial charge < -0.3 is 4.79 Å². The molecule has 0 bridgehead atoms. The van der Waals surface area contributed by atoms with E-state index < -0.39 is 0 Å². The number of carbonyl (C=O) groups excluding carboxylic acids is 1. The van der Waals surface area contributed by atoms with Crippen LogP contribution >= 0.6 is 0 Å². The van der Waals surface area contributed by atoms with Gasteiger partial charge in [-0.05, 0) is 6.32 Å². The Bertz CT molecular complexity index is 59.5. The summed E-state index contributed by atoms with van der Waals surface area (Å²) < 4.78 is 0. The van der Waals surface area contributed by atoms with Crippen molar-refractivity contribution < 1.29 is 4.79 Å². The van der Waals surface area contributed by atoms with Gasteiger partial charge in [-0.25, -0.2) is 0 Å². The van der Waals surface area contributed by atoms with Crippen molar-refractivity contribution in [3.63, 3.8) is 0 Å². The molecular weight excluding hydrogens is 98.9 g/mol. The minimum atomic E-state index is 0.632. The zero-order valence-electron chi connectivity index (χ0n) is 5.68. The zero-order chi connectivity index (χ0) is 6.41. The molecule has 0 aliphatic heterocycles. The lowest BCUT2D eigenvalue weighted by Gasteiger charge is -1.99. The quantitative estimate of drug-likeness (QED) is 0.399. The van der Waals surface area contributed by atoms with E-state index in [9.17, 15) is 4.79 Å². The van der Waals surface area contributed by atoms with Gasteiger partial charge in [-0.15, -0.1) is 0 Å². The molecule has 0 aliphatic carbocycles. The Balaban J connectivity index is 3.20. The third-order valence-corrected chi connectivity index (χ3v) is 1.58. The fraction of sp³-hybridized carbons (Fsp3) is 0.833. The largest absolute Gasteiger partial charge is 0.304 e. The van der Waals surface area contributed by atoms with Crippen LogP contribution in [0.25, 0.3) is 0 Å². The van der Waals surface area contributed by atoms with E-state index in [1.807, 2.05) is 0 Å². The molecule has 0 radical (unpaired) electrons. The maximum Gasteiger partial charge on any atom is 0.147 e. The summed E-state index contributed by atoms with van der Waals surface area (Å²) in [6, 6.07) is 0. The number of aldehydes is 1. The van der Waals surface area contributed by atoms with Gasteiger partial charge in [0.2, 0.25) is 0 Å². The van der Waals surface area contributed by atoms with Gasteiger partial charge in [0.1, 0.15) is 13.0 Å². The second kappa shape index (κ2) is 4.88. The van der Waals surface area contributed by atoms with Gasteiger partial charge in [0.05, 0.1) is 0 Å². The molecule has 0 aromatic heterocycles. The van der Waals surface area contributed by atoms with Gasteiger partial charge in [0.25, 0.3) is 0 Å². The van der Waals surface area contributed by atoms with E-state index in [2.05, 4.69) is 13.8 Å². The maximum atomic E-state index is 9.93. The average molecular weight is 112 g/mol. The molecule has 1 nitrogen and oxygen atoms in total. The van der Waals surface area contributed by atoms with Crippen LogP contribution in [0.3, 0.4) is 0 Å². The number of carbonyl (C=O) groups is 1. The number of hydrogen-bond donors (Lipinski definition) is 0. The fourth-order valence-electron chi connectivity index (χ4n) is 0.758. The van der Waals surface area contributed by atoms with Crippen molar-refractivity contribution in [3.8, 4) is 0 Å². The summed E-state index contributed by atoms with van der Waals surface area (Å²) in [4.78, 5) is 9.93. The summed E-state index contributed by atoms with van der Waals surface area (Å²) in [5.41, 5.74) is 0. The lowest BCUT2D eigenvalue weighted by atomic mass is 9.44. The van der Waals surface area contributed by atoms with E-state index in [1.54, 1.807) is 0 Å². The molecule has 0 unspecified atom stereocenters. The van der Waals surface area contributed by atoms with Crippen LogP contribution in [0.2, 0.25) is 19.0 Å². The van der Waals surface area contributed by atoms with Crippen molar-refractivity contribution in [2.45, 2.75) is 32.8 Å². The molecule has 0 saturated heterocycles. The predicted octanol–water partition coefficient (Wildman–Crippen LogP) is 1.72. The molecule has 0 rings (SSSR count). The summed E-state index contributed by atoms with van der Waals surface area (Å²) in [7, 11) is 0. The molecule has 0 aromatic rings. The van der Waals surface area contributed by atoms with Crippen LogP contribution in [0.1, 0.15) is 13.8 Å². The summed E-state index contributed by atoms with van der Waals surface area (Å²) in [6.07, 6.45) is 4.02. The highest BCUT2D eigenvalue weighted by atomic mass is 16.1. The highest BCUT2D eigenvalue weighted by Gasteiger charge is 2.04. The molecule has 0 spiro atoms. The van der Waals surface area contributed by atoms with Gasteiger partial charge in [0, 0.05) is 0 Å². The summed E-state index contributed by atoms with van der Waals surface area (Å²) in [5.74, 6) is 0. The molecule has 0 aromatic carbocycles. The normalized spacial score (nSPS) is 8.75. The van der Waals surface area contributed by atoms with Crippen molar-refractivity contribution in [3.05, 3.63) is 0 Å². The lowest BCUT2D eigenvalue weighted by Crippen LogP contribution is -2.08. The fourth-order valence-corrected chi connectivity index (χ4v) is 0.758. The van der Waals surface area contributed by atoms with E-state index in [4.69, 9.17) is 0 Å². The van der Waals surface area contributed by atoms with Gasteiger partial charge in [-0.1, -0.05) is 26.5 Å². The molecule has 2 heteroatoms. The first-order chi connectivity index (χ1) is 3.85. The molecule has 0 aliphatic rings. The first-order valence-electron chi connectivity index (χ1n) is 3.28. The van der Waals surface area contributed by atoms with Gasteiger partial charge in [-0.3, -0.25) is 0 Å². The molecule has 0 heterocycles. The van der Waals surface area contributed by atoms with Gasteiger partial charge >= 0.3 is 0 Å². The monoisotopic (exact) mass is 112 g/mol. The Hall–Kier alpha value is -0.265. The molecule has 0 N–H and O–H groups in total. The highest BCUT2D eigenvalue weighted by molar-refractivity contribution is 6.61. The maximum absolute atomic E-state index is 9.93. The van der Waals surface area contributed by atoms with Crippen molar-refractivity contribution in [2.75, 3.05) is 0 Å². The Kier molecular flexibility index (Phi) is 4.72. The molecular formula is C6H13BO. The second-order valence-electron chi connectivity index (χ2n) is 2.08. The van der Waals surface area contributed by atoms with Crippen LogP contribution in [0.4, 0.5) is 0 Å². The highest BCUT2D eigenvalue weighted by Crippen LogP contribution is 2.00. The first-order valence-corrected chi connectivity index (χ1v) is 3.28. The Morgan fingerprint density at radius 2 is 1.88 bits per heavy atom. The van der Waals surface area contributed by atoms with Crippen molar-refractivity contribution in [2.24, 2.45) is 0 Å². The third-order valence-electron chi connectivity index (χ3n) is 1.58. The van der Waals surface area contributed by atoms with E-state index in [1.165, 1.54) is 0 Å². The molecule has 0 fully saturated rings. The zero-order valence-corrected chi connectivity index (χ0v) is 5.68. The lowest BCUT2D eigenvalue weighted by molar-refractivity contribution is -0.106. The van der Waals surface area contributed by atoms with Crippen LogP contribution in [0.5, 0.6) is 0 Å². The summed E-state index contributed by atoms with van der Waals surface area (Å²) in [5, 5.41) is 0. The Morgan fingerprint density at radius 3 is 2.00 bits per heavy atom. The second-order valence-corrected chi connectivity index (χ2v) is 2.08. The Labute approximate surface area is 51.5 Å². The average Bonchev–Trinajstić information content (AvgIpc) is 1.83. The smallest absolute Gasteiger partial charge is 0.147 e. The molecule has 46 valence electrons. The summed E-state index contributed by atoms with van der Waals surface area (Å²) >= 11 is 0. The van der Waals surface area contributed by atoms with E-state index in [0.717, 1.165) is 25.2 Å². The van der Waals surface area contributed by atoms with Crippen molar-refractivity contribution in [1.29, 1.82) is 0 Å². The topological polar surface area (TPSA) is 17.1 Å². The van der Waals surface area contributed by atoms with Crippen molar-refractivity contribution in [1.82, 2.24) is 0 Å². The standard InChI is InChI=1S/C6H13BO/c1-3-7(4-2)5-6-8/h6H,3-5H2,1-2H3. The van der Waals surface area contributed by atoms with Gasteiger partial charge in [0.15, 0.2) is 0 Å². The van der Waals surface area contributed by atoms with Crippen LogP contribution in [0.15, 0.2) is 0 Å². The molecule has 0 atom stereocenters. The van der Waals surface area contributed by atoms with Crippen LogP contribution < -0.4 is 0 Å². The number of hydrogen-bond acceptors (Lipinski definition) is 1. The summed E-state index contributed by atoms with van der Waals surface area (Å²) in [6.45, 7) is 4.88. The minimum Gasteiger partial charge on any atom is -0.304 e. The molecule has 0 saturated carbocycles. The van der Waals surface area contributed by atoms with E-state index in [-0.39, 0.29) is 0 Å².